The van der Waals surface area contributed by atoms with Gasteiger partial charge in [0.2, 0.25) is 0 Å². The van der Waals surface area contributed by atoms with Gasteiger partial charge in [-0.1, -0.05) is 57.9 Å². The van der Waals surface area contributed by atoms with Crippen molar-refractivity contribution in [1.29, 1.82) is 0 Å². The van der Waals surface area contributed by atoms with Crippen LogP contribution >= 0.6 is 15.9 Å². The van der Waals surface area contributed by atoms with Gasteiger partial charge in [-0.3, -0.25) is 0 Å². The van der Waals surface area contributed by atoms with Crippen molar-refractivity contribution in [2.75, 3.05) is 5.33 Å². The molecule has 0 aliphatic heterocycles. The van der Waals surface area contributed by atoms with Gasteiger partial charge in [-0.15, -0.1) is 0 Å². The summed E-state index contributed by atoms with van der Waals surface area (Å²) in [7, 11) is 0. The number of benzene rings is 2. The zero-order valence-electron chi connectivity index (χ0n) is 11.1. The van der Waals surface area contributed by atoms with E-state index in [1.54, 1.807) is 12.1 Å². The van der Waals surface area contributed by atoms with Crippen molar-refractivity contribution in [2.24, 2.45) is 5.92 Å². The normalized spacial score (nSPS) is 12.3. The van der Waals surface area contributed by atoms with Crippen molar-refractivity contribution in [1.82, 2.24) is 0 Å². The maximum atomic E-state index is 9.30. The maximum Gasteiger partial charge on any atom is 0.115 e. The first-order valence-corrected chi connectivity index (χ1v) is 7.69. The average molecular weight is 319 g/mol. The lowest BCUT2D eigenvalue weighted by atomic mass is 9.94. The van der Waals surface area contributed by atoms with Gasteiger partial charge in [0.1, 0.15) is 5.75 Å². The summed E-state index contributed by atoms with van der Waals surface area (Å²) in [6.07, 6.45) is 2.10. The molecular weight excluding hydrogens is 300 g/mol. The summed E-state index contributed by atoms with van der Waals surface area (Å²) < 4.78 is 0. The lowest BCUT2D eigenvalue weighted by Crippen LogP contribution is -2.09. The van der Waals surface area contributed by atoms with Crippen LogP contribution in [0.4, 0.5) is 0 Å². The summed E-state index contributed by atoms with van der Waals surface area (Å²) in [4.78, 5) is 0. The lowest BCUT2D eigenvalue weighted by molar-refractivity contribution is 0.474. The number of hydrogen-bond acceptors (Lipinski definition) is 1. The molecule has 0 aliphatic rings. The van der Waals surface area contributed by atoms with E-state index >= 15 is 0 Å². The van der Waals surface area contributed by atoms with E-state index in [4.69, 9.17) is 0 Å². The van der Waals surface area contributed by atoms with Gasteiger partial charge in [-0.05, 0) is 48.9 Å². The van der Waals surface area contributed by atoms with Gasteiger partial charge >= 0.3 is 0 Å². The van der Waals surface area contributed by atoms with Crippen LogP contribution in [0.5, 0.6) is 5.75 Å². The Hall–Kier alpha value is -1.28. The molecule has 0 saturated heterocycles. The van der Waals surface area contributed by atoms with Crippen molar-refractivity contribution in [3.05, 3.63) is 65.2 Å². The number of halogens is 1. The highest BCUT2D eigenvalue weighted by Crippen LogP contribution is 2.19. The van der Waals surface area contributed by atoms with Crippen LogP contribution in [-0.2, 0) is 12.8 Å². The van der Waals surface area contributed by atoms with Gasteiger partial charge < -0.3 is 5.11 Å². The minimum atomic E-state index is 0.331. The van der Waals surface area contributed by atoms with E-state index in [2.05, 4.69) is 47.1 Å². The van der Waals surface area contributed by atoms with E-state index in [9.17, 15) is 5.11 Å². The van der Waals surface area contributed by atoms with E-state index in [1.165, 1.54) is 16.7 Å². The smallest absolute Gasteiger partial charge is 0.115 e. The molecule has 0 spiro atoms. The average Bonchev–Trinajstić information content (AvgIpc) is 2.43. The third kappa shape index (κ3) is 4.39. The molecule has 2 aromatic carbocycles. The zero-order valence-corrected chi connectivity index (χ0v) is 12.7. The molecule has 0 radical (unpaired) electrons. The number of phenols is 1. The third-order valence-corrected chi connectivity index (χ3v) is 4.24. The molecular formula is C17H19BrO. The molecule has 2 aromatic rings. The SMILES string of the molecule is Cc1ccc(CC(CBr)Cc2ccc(O)cc2)cc1. The van der Waals surface area contributed by atoms with Gasteiger partial charge in [0.25, 0.3) is 0 Å². The van der Waals surface area contributed by atoms with Crippen LogP contribution in [0.3, 0.4) is 0 Å². The Bertz CT molecular complexity index is 454. The van der Waals surface area contributed by atoms with Crippen molar-refractivity contribution >= 4 is 15.9 Å². The Labute approximate surface area is 123 Å². The van der Waals surface area contributed by atoms with Gasteiger partial charge in [0, 0.05) is 5.33 Å². The predicted molar refractivity (Wildman–Crippen MR) is 84.0 cm³/mol. The van der Waals surface area contributed by atoms with Gasteiger partial charge in [0.15, 0.2) is 0 Å². The van der Waals surface area contributed by atoms with Crippen LogP contribution in [-0.4, -0.2) is 10.4 Å². The highest BCUT2D eigenvalue weighted by molar-refractivity contribution is 9.09. The number of aromatic hydroxyl groups is 1. The molecule has 0 aromatic heterocycles. The Morgan fingerprint density at radius 2 is 1.37 bits per heavy atom. The third-order valence-electron chi connectivity index (χ3n) is 3.32. The highest BCUT2D eigenvalue weighted by Gasteiger charge is 2.09. The number of rotatable bonds is 5. The van der Waals surface area contributed by atoms with Crippen LogP contribution < -0.4 is 0 Å². The minimum absolute atomic E-state index is 0.331. The molecule has 0 fully saturated rings. The van der Waals surface area contributed by atoms with Gasteiger partial charge in [-0.25, -0.2) is 0 Å². The number of hydrogen-bond donors (Lipinski definition) is 1. The van der Waals surface area contributed by atoms with Crippen LogP contribution in [0.25, 0.3) is 0 Å². The Morgan fingerprint density at radius 1 is 0.895 bits per heavy atom. The summed E-state index contributed by atoms with van der Waals surface area (Å²) in [5.74, 6) is 0.907. The van der Waals surface area contributed by atoms with Crippen molar-refractivity contribution in [3.8, 4) is 5.75 Å². The fraction of sp³-hybridized carbons (Fsp3) is 0.294. The summed E-state index contributed by atoms with van der Waals surface area (Å²) in [5.41, 5.74) is 3.96. The molecule has 1 N–H and O–H groups in total. The van der Waals surface area contributed by atoms with Crippen LogP contribution in [0, 0.1) is 12.8 Å². The molecule has 1 atom stereocenters. The second-order valence-corrected chi connectivity index (χ2v) is 5.73. The number of phenolic OH excluding ortho intramolecular Hbond substituents is 1. The first-order valence-electron chi connectivity index (χ1n) is 6.57. The zero-order chi connectivity index (χ0) is 13.7. The summed E-state index contributed by atoms with van der Waals surface area (Å²) in [6.45, 7) is 2.11. The molecule has 1 unspecified atom stereocenters. The molecule has 0 bridgehead atoms. The Morgan fingerprint density at radius 3 is 1.84 bits per heavy atom. The molecule has 19 heavy (non-hydrogen) atoms. The second-order valence-electron chi connectivity index (χ2n) is 5.08. The summed E-state index contributed by atoms with van der Waals surface area (Å²) >= 11 is 3.61. The monoisotopic (exact) mass is 318 g/mol. The molecule has 0 heterocycles. The molecule has 0 saturated carbocycles. The quantitative estimate of drug-likeness (QED) is 0.805. The largest absolute Gasteiger partial charge is 0.508 e. The molecule has 100 valence electrons. The number of alkyl halides is 1. The first-order chi connectivity index (χ1) is 9.17. The van der Waals surface area contributed by atoms with E-state index in [0.717, 1.165) is 18.2 Å². The van der Waals surface area contributed by atoms with Crippen LogP contribution in [0.1, 0.15) is 16.7 Å². The Balaban J connectivity index is 2.00. The molecule has 0 amide bonds. The highest BCUT2D eigenvalue weighted by atomic mass is 79.9. The fourth-order valence-electron chi connectivity index (χ4n) is 2.20. The molecule has 2 rings (SSSR count). The van der Waals surface area contributed by atoms with Crippen molar-refractivity contribution in [3.63, 3.8) is 0 Å². The van der Waals surface area contributed by atoms with E-state index in [1.807, 2.05) is 12.1 Å². The standard InChI is InChI=1S/C17H19BrO/c1-13-2-4-14(5-3-13)10-16(12-18)11-15-6-8-17(19)9-7-15/h2-9,16,19H,10-12H2,1H3. The van der Waals surface area contributed by atoms with Crippen molar-refractivity contribution < 1.29 is 5.11 Å². The first kappa shape index (κ1) is 14.1. The maximum absolute atomic E-state index is 9.30. The Kier molecular flexibility index (Phi) is 5.03. The fourth-order valence-corrected chi connectivity index (χ4v) is 2.66. The van der Waals surface area contributed by atoms with Crippen LogP contribution in [0.15, 0.2) is 48.5 Å². The lowest BCUT2D eigenvalue weighted by Gasteiger charge is -2.14. The van der Waals surface area contributed by atoms with Crippen molar-refractivity contribution in [2.45, 2.75) is 19.8 Å². The predicted octanol–water partition coefficient (Wildman–Crippen LogP) is 4.50. The molecule has 1 nitrogen and oxygen atoms in total. The minimum Gasteiger partial charge on any atom is -0.508 e. The van der Waals surface area contributed by atoms with Gasteiger partial charge in [-0.2, -0.15) is 0 Å². The molecule has 0 aliphatic carbocycles. The topological polar surface area (TPSA) is 20.2 Å². The van der Waals surface area contributed by atoms with E-state index < -0.39 is 0 Å². The van der Waals surface area contributed by atoms with E-state index in [0.29, 0.717) is 11.7 Å². The van der Waals surface area contributed by atoms with E-state index in [-0.39, 0.29) is 0 Å². The molecule has 2 heteroatoms. The van der Waals surface area contributed by atoms with Crippen LogP contribution in [0.2, 0.25) is 0 Å². The van der Waals surface area contributed by atoms with Gasteiger partial charge in [0.05, 0.1) is 0 Å². The number of aryl methyl sites for hydroxylation is 1. The summed E-state index contributed by atoms with van der Waals surface area (Å²) in [6, 6.07) is 16.3. The second kappa shape index (κ2) is 6.76. The summed E-state index contributed by atoms with van der Waals surface area (Å²) in [5, 5.41) is 10.3.